The van der Waals surface area contributed by atoms with Crippen molar-refractivity contribution in [2.75, 3.05) is 0 Å². The molecule has 0 amide bonds. The van der Waals surface area contributed by atoms with Crippen LogP contribution in [0.1, 0.15) is 0 Å². The van der Waals surface area contributed by atoms with Crippen molar-refractivity contribution in [3.63, 3.8) is 0 Å². The molecule has 0 aliphatic heterocycles. The third-order valence-corrected chi connectivity index (χ3v) is 2.29. The Balaban J connectivity index is 2.87. The average molecular weight is 180 g/mol. The van der Waals surface area contributed by atoms with Gasteiger partial charge in [0.1, 0.15) is 0 Å². The molecule has 62 valence electrons. The molecule has 1 heterocycles. The van der Waals surface area contributed by atoms with Crippen molar-refractivity contribution in [1.82, 2.24) is 10.2 Å². The summed E-state index contributed by atoms with van der Waals surface area (Å²) in [6.45, 7) is 0. The predicted octanol–water partition coefficient (Wildman–Crippen LogP) is 1.65. The number of aromatic amines is 1. The van der Waals surface area contributed by atoms with Gasteiger partial charge in [-0.1, -0.05) is 18.2 Å². The third kappa shape index (κ3) is 0.984. The van der Waals surface area contributed by atoms with Crippen molar-refractivity contribution in [2.24, 2.45) is 0 Å². The fourth-order valence-electron chi connectivity index (χ4n) is 1.08. The van der Waals surface area contributed by atoms with E-state index in [9.17, 15) is 4.21 Å². The van der Waals surface area contributed by atoms with E-state index in [0.29, 0.717) is 5.03 Å². The normalized spacial score (nSPS) is 11.1. The average Bonchev–Trinajstić information content (AvgIpc) is 2.47. The molecule has 2 N–H and O–H groups in total. The fourth-order valence-corrected chi connectivity index (χ4v) is 1.58. The van der Waals surface area contributed by atoms with Crippen molar-refractivity contribution in [3.8, 4) is 0 Å². The SMILES string of the molecule is N=[S-](=O)c1[nH]nc2ccccc12. The number of nitrogens with zero attached hydrogens (tertiary/aromatic N) is 1. The summed E-state index contributed by atoms with van der Waals surface area (Å²) in [6.07, 6.45) is 0. The fraction of sp³-hybridized carbons (Fsp3) is 0. The van der Waals surface area contributed by atoms with E-state index in [0.717, 1.165) is 10.9 Å². The summed E-state index contributed by atoms with van der Waals surface area (Å²) in [5.74, 6) is 0. The number of benzene rings is 1. The van der Waals surface area contributed by atoms with E-state index in [2.05, 4.69) is 10.2 Å². The molecule has 0 saturated carbocycles. The molecule has 0 saturated heterocycles. The van der Waals surface area contributed by atoms with Crippen LogP contribution >= 0.6 is 0 Å². The predicted molar refractivity (Wildman–Crippen MR) is 45.1 cm³/mol. The Bertz CT molecular complexity index is 478. The first-order chi connectivity index (χ1) is 5.79. The van der Waals surface area contributed by atoms with Gasteiger partial charge in [0.2, 0.25) is 0 Å². The Morgan fingerprint density at radius 2 is 2.17 bits per heavy atom. The molecule has 1 aromatic carbocycles. The van der Waals surface area contributed by atoms with E-state index >= 15 is 0 Å². The Kier molecular flexibility index (Phi) is 1.58. The summed E-state index contributed by atoms with van der Waals surface area (Å²) < 4.78 is 17.8. The summed E-state index contributed by atoms with van der Waals surface area (Å²) >= 11 is 0. The van der Waals surface area contributed by atoms with Gasteiger partial charge >= 0.3 is 0 Å². The lowest BCUT2D eigenvalue weighted by molar-refractivity contribution is 0.597. The molecular weight excluding hydrogens is 174 g/mol. The van der Waals surface area contributed by atoms with E-state index < -0.39 is 10.6 Å². The van der Waals surface area contributed by atoms with Crippen molar-refractivity contribution in [3.05, 3.63) is 24.3 Å². The molecule has 0 bridgehead atoms. The first-order valence-corrected chi connectivity index (χ1v) is 4.50. The maximum atomic E-state index is 10.8. The molecule has 0 aliphatic carbocycles. The monoisotopic (exact) mass is 180 g/mol. The van der Waals surface area contributed by atoms with Crippen LogP contribution in [0.4, 0.5) is 0 Å². The second-order valence-electron chi connectivity index (χ2n) is 2.34. The van der Waals surface area contributed by atoms with Crippen molar-refractivity contribution < 1.29 is 4.21 Å². The zero-order chi connectivity index (χ0) is 8.55. The van der Waals surface area contributed by atoms with Gasteiger partial charge in [0, 0.05) is 5.39 Å². The highest BCUT2D eigenvalue weighted by atomic mass is 32.2. The van der Waals surface area contributed by atoms with Gasteiger partial charge in [0.15, 0.2) is 0 Å². The van der Waals surface area contributed by atoms with E-state index in [1.54, 1.807) is 6.07 Å². The number of H-pyrrole nitrogens is 1. The van der Waals surface area contributed by atoms with Crippen molar-refractivity contribution >= 4 is 21.5 Å². The van der Waals surface area contributed by atoms with Crippen LogP contribution in [0.2, 0.25) is 0 Å². The van der Waals surface area contributed by atoms with Gasteiger partial charge in [0.25, 0.3) is 0 Å². The first kappa shape index (κ1) is 7.30. The van der Waals surface area contributed by atoms with Crippen LogP contribution in [-0.4, -0.2) is 10.2 Å². The molecule has 5 heteroatoms. The van der Waals surface area contributed by atoms with E-state index in [4.69, 9.17) is 4.78 Å². The number of para-hydroxylation sites is 1. The molecule has 0 unspecified atom stereocenters. The van der Waals surface area contributed by atoms with E-state index in [1.807, 2.05) is 18.2 Å². The molecule has 4 nitrogen and oxygen atoms in total. The largest absolute Gasteiger partial charge is 0.439 e. The summed E-state index contributed by atoms with van der Waals surface area (Å²) in [5.41, 5.74) is 0.744. The Labute approximate surface area is 70.6 Å². The molecule has 0 radical (unpaired) electrons. The highest BCUT2D eigenvalue weighted by Gasteiger charge is 1.96. The topological polar surface area (TPSA) is 69.6 Å². The van der Waals surface area contributed by atoms with E-state index in [1.165, 1.54) is 0 Å². The molecule has 0 atom stereocenters. The van der Waals surface area contributed by atoms with Crippen LogP contribution in [0.15, 0.2) is 29.3 Å². The molecule has 0 spiro atoms. The first-order valence-electron chi connectivity index (χ1n) is 3.35. The highest BCUT2D eigenvalue weighted by Crippen LogP contribution is 2.15. The quantitative estimate of drug-likeness (QED) is 0.655. The van der Waals surface area contributed by atoms with Gasteiger partial charge in [-0.15, -0.1) is 10.6 Å². The van der Waals surface area contributed by atoms with Gasteiger partial charge in [-0.2, -0.15) is 5.10 Å². The Hall–Kier alpha value is -1.36. The van der Waals surface area contributed by atoms with Crippen LogP contribution < -0.4 is 0 Å². The molecule has 0 fully saturated rings. The maximum Gasteiger partial charge on any atom is 0.0904 e. The van der Waals surface area contributed by atoms with Gasteiger partial charge in [0.05, 0.1) is 5.52 Å². The van der Waals surface area contributed by atoms with Crippen LogP contribution in [-0.2, 0) is 14.8 Å². The summed E-state index contributed by atoms with van der Waals surface area (Å²) in [6, 6.07) is 7.27. The number of aromatic nitrogens is 2. The second-order valence-corrected chi connectivity index (χ2v) is 3.28. The van der Waals surface area contributed by atoms with Crippen molar-refractivity contribution in [1.29, 1.82) is 4.78 Å². The van der Waals surface area contributed by atoms with Crippen LogP contribution in [0, 0.1) is 4.78 Å². The zero-order valence-electron chi connectivity index (χ0n) is 6.07. The number of hydrogen-bond acceptors (Lipinski definition) is 4. The molecule has 1 aromatic heterocycles. The minimum Gasteiger partial charge on any atom is -0.439 e. The number of nitrogens with one attached hydrogen (secondary N) is 2. The number of hydrogen-bond donors (Lipinski definition) is 2. The Morgan fingerprint density at radius 1 is 1.42 bits per heavy atom. The van der Waals surface area contributed by atoms with Crippen LogP contribution in [0.3, 0.4) is 0 Å². The van der Waals surface area contributed by atoms with Crippen molar-refractivity contribution in [2.45, 2.75) is 5.03 Å². The highest BCUT2D eigenvalue weighted by molar-refractivity contribution is 7.73. The third-order valence-electron chi connectivity index (χ3n) is 1.61. The lowest BCUT2D eigenvalue weighted by Crippen LogP contribution is -1.76. The van der Waals surface area contributed by atoms with Crippen LogP contribution in [0.5, 0.6) is 0 Å². The lowest BCUT2D eigenvalue weighted by atomic mass is 10.3. The number of rotatable bonds is 1. The summed E-state index contributed by atoms with van der Waals surface area (Å²) in [7, 11) is -1.74. The molecular formula is C7H6N3OS-. The van der Waals surface area contributed by atoms with Gasteiger partial charge < -0.3 is 8.99 Å². The number of fused-ring (bicyclic) bond motifs is 1. The molecule has 2 aromatic rings. The smallest absolute Gasteiger partial charge is 0.0904 e. The minimum atomic E-state index is -1.74. The maximum absolute atomic E-state index is 10.8. The van der Waals surface area contributed by atoms with Gasteiger partial charge in [-0.25, -0.2) is 0 Å². The second kappa shape index (κ2) is 2.60. The zero-order valence-corrected chi connectivity index (χ0v) is 6.89. The lowest BCUT2D eigenvalue weighted by Gasteiger charge is -1.95. The minimum absolute atomic E-state index is 0.366. The van der Waals surface area contributed by atoms with Gasteiger partial charge in [-0.05, 0) is 11.1 Å². The van der Waals surface area contributed by atoms with E-state index in [-0.39, 0.29) is 0 Å². The summed E-state index contributed by atoms with van der Waals surface area (Å²) in [5, 5.41) is 7.60. The molecule has 2 rings (SSSR count). The summed E-state index contributed by atoms with van der Waals surface area (Å²) in [4.78, 5) is 0. The molecule has 0 aliphatic rings. The van der Waals surface area contributed by atoms with Crippen LogP contribution in [0.25, 0.3) is 10.9 Å². The molecule has 12 heavy (non-hydrogen) atoms. The Morgan fingerprint density at radius 3 is 2.92 bits per heavy atom. The standard InChI is InChI=1S/C7H6N3OS/c8-12(11)7-5-3-1-2-4-6(5)9-10-7/h1-4,8H,(H,9,10)/q-1. The van der Waals surface area contributed by atoms with Gasteiger partial charge in [-0.3, -0.25) is 5.10 Å².